The Morgan fingerprint density at radius 2 is 1.81 bits per heavy atom. The second kappa shape index (κ2) is 20.1. The number of likely N-dealkylation sites (tertiary alicyclic amines) is 1. The molecule has 12 nitrogen and oxygen atoms in total. The summed E-state index contributed by atoms with van der Waals surface area (Å²) in [5.74, 6) is -0.619. The maximum atomic E-state index is 13.2. The van der Waals surface area contributed by atoms with Crippen molar-refractivity contribution in [2.75, 3.05) is 35.7 Å². The van der Waals surface area contributed by atoms with Crippen LogP contribution in [0.4, 0.5) is 27.8 Å². The van der Waals surface area contributed by atoms with Crippen molar-refractivity contribution in [3.63, 3.8) is 0 Å². The number of amides is 2. The van der Waals surface area contributed by atoms with E-state index < -0.39 is 11.6 Å². The number of rotatable bonds is 10. The molecule has 276 valence electrons. The molecule has 1 aliphatic rings. The second-order valence-corrected chi connectivity index (χ2v) is 13.9. The Kier molecular flexibility index (Phi) is 17.8. The van der Waals surface area contributed by atoms with Crippen molar-refractivity contribution in [1.82, 2.24) is 19.4 Å². The molecule has 0 aliphatic carbocycles. The number of carbonyl (C=O) groups excluding carboxylic acids is 3. The van der Waals surface area contributed by atoms with Crippen LogP contribution in [0.1, 0.15) is 63.4 Å². The molecule has 1 atom stereocenters. The Balaban J connectivity index is 0.00000324. The quantitative estimate of drug-likeness (QED) is 0.125. The summed E-state index contributed by atoms with van der Waals surface area (Å²) in [6, 6.07) is 11.6. The largest absolute Gasteiger partial charge is 0.459 e. The molecule has 2 amide bonds. The summed E-state index contributed by atoms with van der Waals surface area (Å²) in [5.41, 5.74) is 4.67. The summed E-state index contributed by atoms with van der Waals surface area (Å²) >= 11 is 0. The van der Waals surface area contributed by atoms with Crippen LogP contribution in [0.5, 0.6) is 0 Å². The van der Waals surface area contributed by atoms with Crippen molar-refractivity contribution in [3.8, 4) is 11.3 Å². The van der Waals surface area contributed by atoms with Crippen LogP contribution >= 0.6 is 0 Å². The Bertz CT molecular complexity index is 1940. The maximum absolute atomic E-state index is 13.2. The van der Waals surface area contributed by atoms with Crippen LogP contribution in [0, 0.1) is 100 Å². The van der Waals surface area contributed by atoms with Gasteiger partial charge >= 0.3 is 12.1 Å². The number of carbonyl (C=O) groups is 3. The topological polar surface area (TPSA) is 131 Å². The van der Waals surface area contributed by atoms with Gasteiger partial charge in [0.05, 0.1) is 29.2 Å². The zero-order chi connectivity index (χ0) is 36.3. The molecule has 1 saturated heterocycles. The second-order valence-electron chi connectivity index (χ2n) is 13.9. The summed E-state index contributed by atoms with van der Waals surface area (Å²) in [7, 11) is 3.88. The van der Waals surface area contributed by atoms with Gasteiger partial charge in [-0.3, -0.25) is 4.79 Å². The third kappa shape index (κ3) is 11.6. The molecule has 4 aromatic rings. The first-order valence-electron chi connectivity index (χ1n) is 16.8. The molecule has 2 aromatic heterocycles. The van der Waals surface area contributed by atoms with Crippen LogP contribution in [0.3, 0.4) is 0 Å². The van der Waals surface area contributed by atoms with E-state index in [9.17, 15) is 14.4 Å². The van der Waals surface area contributed by atoms with E-state index in [0.29, 0.717) is 30.2 Å². The molecule has 1 fully saturated rings. The molecule has 15 heteroatoms. The fourth-order valence-corrected chi connectivity index (χ4v) is 6.15. The molecule has 0 bridgehead atoms. The number of hydrogen-bond donors (Lipinski definition) is 2. The minimum absolute atomic E-state index is 0. The zero-order valence-corrected chi connectivity index (χ0v) is 44.2. The van der Waals surface area contributed by atoms with Crippen molar-refractivity contribution in [3.05, 3.63) is 72.6 Å². The molecular weight excluding hydrogens is 1350 g/mol. The molecule has 0 unspecified atom stereocenters. The normalized spacial score (nSPS) is 13.7. The van der Waals surface area contributed by atoms with Crippen molar-refractivity contribution in [2.45, 2.75) is 72.1 Å². The first-order chi connectivity index (χ1) is 23.6. The summed E-state index contributed by atoms with van der Waals surface area (Å²) < 4.78 is 13.2. The van der Waals surface area contributed by atoms with Crippen LogP contribution in [-0.2, 0) is 21.3 Å². The minimum Gasteiger partial charge on any atom is -0.459 e. The van der Waals surface area contributed by atoms with Gasteiger partial charge in [-0.25, -0.2) is 19.6 Å². The predicted molar refractivity (Wildman–Crippen MR) is 197 cm³/mol. The number of nitrogens with zero attached hydrogens (tertiary/aromatic N) is 5. The van der Waals surface area contributed by atoms with Crippen LogP contribution in [0.15, 0.2) is 61.4 Å². The number of fused-ring (bicyclic) bond motifs is 1. The number of likely N-dealkylation sites (N-methyl/N-ethyl adjacent to an activating group) is 1. The fraction of sp³-hybridized carbons (Fsp3) is 0.395. The van der Waals surface area contributed by atoms with Gasteiger partial charge in [0.1, 0.15) is 11.2 Å². The standard InChI is InChI=1S/C38H47N7O5.3U/c1-10-33(46)40-30-19-29(24(4)18-32(30)43(8)21-25-14-13-17-45(25)37(48)50-38(5,6)7)41-36-39-20-27(35(47)49-23(2)3)34(42-36)28-22-44(9)31-16-12-11-15-26(28)31;;;/h10-12,15-16,18-20,22-23,25H,1,13-14,17,21H2,2-9H3,(H,40,46)(H,39,41,42);;;/t25-;;;/m1.../s1. The first kappa shape index (κ1) is 46.9. The molecular formula is C38H47N7O5U3. The number of aryl methyl sites for hydroxylation is 2. The van der Waals surface area contributed by atoms with E-state index in [1.54, 1.807) is 18.7 Å². The summed E-state index contributed by atoms with van der Waals surface area (Å²) in [4.78, 5) is 52.0. The molecule has 1 aliphatic heterocycles. The number of esters is 1. The third-order valence-electron chi connectivity index (χ3n) is 8.44. The molecule has 53 heavy (non-hydrogen) atoms. The number of benzene rings is 2. The van der Waals surface area contributed by atoms with Crippen LogP contribution in [0.2, 0.25) is 0 Å². The molecule has 0 radical (unpaired) electrons. The SMILES string of the molecule is C=CC(=O)Nc1cc(Nc2ncc(C(=O)OC(C)C)c(-c3cn(C)c4ccccc34)n2)c(C)cc1N(C)C[C@H]1CCCN1C(=O)OC(C)(C)C.[U].[U].[U]. The molecule has 0 saturated carbocycles. The minimum atomic E-state index is -0.588. The van der Waals surface area contributed by atoms with E-state index in [2.05, 4.69) is 22.2 Å². The van der Waals surface area contributed by atoms with Crippen molar-refractivity contribution in [1.29, 1.82) is 0 Å². The fourth-order valence-electron chi connectivity index (χ4n) is 6.15. The van der Waals surface area contributed by atoms with Crippen LogP contribution in [-0.4, -0.2) is 75.3 Å². The van der Waals surface area contributed by atoms with Gasteiger partial charge in [0.15, 0.2) is 0 Å². The Hall–Kier alpha value is -2.23. The Labute approximate surface area is 383 Å². The van der Waals surface area contributed by atoms with Crippen LogP contribution < -0.4 is 15.5 Å². The third-order valence-corrected chi connectivity index (χ3v) is 8.44. The maximum Gasteiger partial charge on any atom is 0.410 e. The molecule has 3 heterocycles. The van der Waals surface area contributed by atoms with E-state index in [4.69, 9.17) is 14.5 Å². The van der Waals surface area contributed by atoms with E-state index in [-0.39, 0.29) is 129 Å². The summed E-state index contributed by atoms with van der Waals surface area (Å²) in [5, 5.41) is 7.18. The van der Waals surface area contributed by atoms with Gasteiger partial charge in [0.25, 0.3) is 0 Å². The van der Waals surface area contributed by atoms with Gasteiger partial charge in [-0.05, 0) is 84.2 Å². The average molecular weight is 1400 g/mol. The number of aromatic nitrogens is 3. The summed E-state index contributed by atoms with van der Waals surface area (Å²) in [6.45, 7) is 15.9. The van der Waals surface area contributed by atoms with Crippen molar-refractivity contribution in [2.24, 2.45) is 7.05 Å². The summed E-state index contributed by atoms with van der Waals surface area (Å²) in [6.07, 6.45) is 5.71. The number of ether oxygens (including phenoxy) is 2. The average Bonchev–Trinajstić information content (AvgIpc) is 3.65. The molecule has 2 N–H and O–H groups in total. The first-order valence-corrected chi connectivity index (χ1v) is 16.8. The van der Waals surface area contributed by atoms with Gasteiger partial charge in [0, 0.05) is 155 Å². The zero-order valence-electron chi connectivity index (χ0n) is 31.7. The number of nitrogens with one attached hydrogen (secondary N) is 2. The van der Waals surface area contributed by atoms with Gasteiger partial charge < -0.3 is 34.5 Å². The smallest absolute Gasteiger partial charge is 0.410 e. The Morgan fingerprint density at radius 3 is 2.47 bits per heavy atom. The van der Waals surface area contributed by atoms with Crippen molar-refractivity contribution < 1.29 is 117 Å². The van der Waals surface area contributed by atoms with Crippen LogP contribution in [0.25, 0.3) is 22.2 Å². The van der Waals surface area contributed by atoms with Gasteiger partial charge in [0.2, 0.25) is 11.9 Å². The van der Waals surface area contributed by atoms with Gasteiger partial charge in [-0.15, -0.1) is 0 Å². The van der Waals surface area contributed by atoms with E-state index in [0.717, 1.165) is 40.6 Å². The molecule has 2 aromatic carbocycles. The van der Waals surface area contributed by atoms with Gasteiger partial charge in [-0.1, -0.05) is 24.8 Å². The Morgan fingerprint density at radius 1 is 1.11 bits per heavy atom. The number of hydrogen-bond acceptors (Lipinski definition) is 9. The number of anilines is 4. The van der Waals surface area contributed by atoms with Crippen molar-refractivity contribution >= 4 is 51.9 Å². The number of para-hydroxylation sites is 1. The van der Waals surface area contributed by atoms with E-state index >= 15 is 0 Å². The molecule has 0 spiro atoms. The van der Waals surface area contributed by atoms with E-state index in [1.807, 2.05) is 93.9 Å². The molecule has 5 rings (SSSR count). The van der Waals surface area contributed by atoms with Gasteiger partial charge in [-0.2, -0.15) is 0 Å². The predicted octanol–water partition coefficient (Wildman–Crippen LogP) is 7.21. The van der Waals surface area contributed by atoms with E-state index in [1.165, 1.54) is 12.3 Å². The monoisotopic (exact) mass is 1400 g/mol.